The second kappa shape index (κ2) is 8.91. The quantitative estimate of drug-likeness (QED) is 0.463. The summed E-state index contributed by atoms with van der Waals surface area (Å²) in [6, 6.07) is 10.9. The van der Waals surface area contributed by atoms with Crippen molar-refractivity contribution in [1.82, 2.24) is 5.16 Å². The third kappa shape index (κ3) is 4.65. The van der Waals surface area contributed by atoms with Gasteiger partial charge < -0.3 is 14.6 Å². The first-order chi connectivity index (χ1) is 13.9. The minimum atomic E-state index is -0.811. The lowest BCUT2D eigenvalue weighted by atomic mass is 10.1. The molecule has 0 aliphatic heterocycles. The summed E-state index contributed by atoms with van der Waals surface area (Å²) in [6.07, 6.45) is 0. The highest BCUT2D eigenvalue weighted by Crippen LogP contribution is 2.29. The standard InChI is InChI=1S/C21H19FN2O4S/c1-12-17(13(2)28-24-12)11-29-19-7-5-4-6-15(19)20(25)23-14-8-9-18(22)16(10-14)21(26)27-3/h4-10H,11H2,1-3H3,(H,23,25). The molecule has 0 spiro atoms. The molecule has 0 saturated heterocycles. The van der Waals surface area contributed by atoms with Gasteiger partial charge in [0.05, 0.1) is 23.9 Å². The highest BCUT2D eigenvalue weighted by atomic mass is 32.2. The highest BCUT2D eigenvalue weighted by Gasteiger charge is 2.17. The van der Waals surface area contributed by atoms with Gasteiger partial charge in [-0.3, -0.25) is 4.79 Å². The number of methoxy groups -OCH3 is 1. The smallest absolute Gasteiger partial charge is 0.340 e. The summed E-state index contributed by atoms with van der Waals surface area (Å²) < 4.78 is 23.5. The summed E-state index contributed by atoms with van der Waals surface area (Å²) in [4.78, 5) is 25.2. The van der Waals surface area contributed by atoms with Crippen LogP contribution >= 0.6 is 11.8 Å². The van der Waals surface area contributed by atoms with Crippen LogP contribution in [0.3, 0.4) is 0 Å². The number of anilines is 1. The van der Waals surface area contributed by atoms with Gasteiger partial charge in [-0.1, -0.05) is 17.3 Å². The summed E-state index contributed by atoms with van der Waals surface area (Å²) in [5, 5.41) is 6.65. The first kappa shape index (κ1) is 20.6. The molecule has 0 saturated carbocycles. The van der Waals surface area contributed by atoms with E-state index in [9.17, 15) is 14.0 Å². The van der Waals surface area contributed by atoms with Crippen LogP contribution < -0.4 is 5.32 Å². The molecule has 0 atom stereocenters. The van der Waals surface area contributed by atoms with Crippen molar-refractivity contribution < 1.29 is 23.2 Å². The maximum atomic E-state index is 13.8. The van der Waals surface area contributed by atoms with Crippen molar-refractivity contribution in [1.29, 1.82) is 0 Å². The molecule has 0 bridgehead atoms. The Morgan fingerprint density at radius 3 is 2.62 bits per heavy atom. The van der Waals surface area contributed by atoms with Crippen LogP contribution in [-0.2, 0) is 10.5 Å². The number of esters is 1. The Morgan fingerprint density at radius 2 is 1.93 bits per heavy atom. The average molecular weight is 414 g/mol. The van der Waals surface area contributed by atoms with Gasteiger partial charge in [0.15, 0.2) is 0 Å². The number of aryl methyl sites for hydroxylation is 2. The number of thioether (sulfide) groups is 1. The summed E-state index contributed by atoms with van der Waals surface area (Å²) in [6.45, 7) is 3.72. The van der Waals surface area contributed by atoms with Gasteiger partial charge in [0.2, 0.25) is 0 Å². The molecule has 1 N–H and O–H groups in total. The Bertz CT molecular complexity index is 1050. The van der Waals surface area contributed by atoms with E-state index >= 15 is 0 Å². The number of ether oxygens (including phenoxy) is 1. The van der Waals surface area contributed by atoms with Crippen LogP contribution in [-0.4, -0.2) is 24.1 Å². The van der Waals surface area contributed by atoms with Gasteiger partial charge in [-0.15, -0.1) is 11.8 Å². The summed E-state index contributed by atoms with van der Waals surface area (Å²) in [5.41, 5.74) is 2.33. The van der Waals surface area contributed by atoms with Crippen molar-refractivity contribution in [3.05, 3.63) is 76.4 Å². The summed E-state index contributed by atoms with van der Waals surface area (Å²) in [5.74, 6) is -0.541. The van der Waals surface area contributed by atoms with Crippen LogP contribution in [0.4, 0.5) is 10.1 Å². The third-order valence-corrected chi connectivity index (χ3v) is 5.41. The molecule has 0 fully saturated rings. The van der Waals surface area contributed by atoms with Gasteiger partial charge in [0, 0.05) is 21.9 Å². The van der Waals surface area contributed by atoms with E-state index in [1.54, 1.807) is 12.1 Å². The Balaban J connectivity index is 1.79. The molecule has 0 radical (unpaired) electrons. The SMILES string of the molecule is COC(=O)c1cc(NC(=O)c2ccccc2SCc2c(C)noc2C)ccc1F. The molecule has 1 amide bonds. The number of aromatic nitrogens is 1. The van der Waals surface area contributed by atoms with Gasteiger partial charge in [0.1, 0.15) is 11.6 Å². The molecule has 0 unspecified atom stereocenters. The summed E-state index contributed by atoms with van der Waals surface area (Å²) in [7, 11) is 1.17. The Morgan fingerprint density at radius 1 is 1.17 bits per heavy atom. The molecule has 2 aromatic carbocycles. The average Bonchev–Trinajstić information content (AvgIpc) is 3.04. The lowest BCUT2D eigenvalue weighted by Gasteiger charge is -2.11. The highest BCUT2D eigenvalue weighted by molar-refractivity contribution is 7.98. The van der Waals surface area contributed by atoms with Crippen LogP contribution in [0.15, 0.2) is 51.9 Å². The van der Waals surface area contributed by atoms with Crippen molar-refractivity contribution in [3.63, 3.8) is 0 Å². The number of hydrogen-bond acceptors (Lipinski definition) is 6. The zero-order valence-corrected chi connectivity index (χ0v) is 16.9. The largest absolute Gasteiger partial charge is 0.465 e. The van der Waals surface area contributed by atoms with Crippen molar-refractivity contribution in [2.75, 3.05) is 12.4 Å². The van der Waals surface area contributed by atoms with E-state index in [0.29, 0.717) is 17.0 Å². The number of hydrogen-bond donors (Lipinski definition) is 1. The predicted molar refractivity (Wildman–Crippen MR) is 108 cm³/mol. The van der Waals surface area contributed by atoms with Crippen LogP contribution in [0.5, 0.6) is 0 Å². The van der Waals surface area contributed by atoms with Crippen molar-refractivity contribution in [2.24, 2.45) is 0 Å². The van der Waals surface area contributed by atoms with Crippen molar-refractivity contribution >= 4 is 29.3 Å². The molecular weight excluding hydrogens is 395 g/mol. The monoisotopic (exact) mass is 414 g/mol. The number of halogens is 1. The normalized spacial score (nSPS) is 10.6. The number of nitrogens with zero attached hydrogens (tertiary/aromatic N) is 1. The number of benzene rings is 2. The number of amides is 1. The molecule has 3 aromatic rings. The van der Waals surface area contributed by atoms with Gasteiger partial charge >= 0.3 is 5.97 Å². The fourth-order valence-corrected chi connectivity index (χ4v) is 3.91. The van der Waals surface area contributed by atoms with Crippen LogP contribution in [0.2, 0.25) is 0 Å². The van der Waals surface area contributed by atoms with Crippen molar-refractivity contribution in [3.8, 4) is 0 Å². The number of rotatable bonds is 6. The van der Waals surface area contributed by atoms with Gasteiger partial charge in [0.25, 0.3) is 5.91 Å². The predicted octanol–water partition coefficient (Wildman–Crippen LogP) is 4.76. The minimum absolute atomic E-state index is 0.244. The molecule has 150 valence electrons. The van der Waals surface area contributed by atoms with E-state index in [0.717, 1.165) is 28.0 Å². The molecule has 0 aliphatic carbocycles. The molecule has 0 aliphatic rings. The molecule has 1 aromatic heterocycles. The second-order valence-corrected chi connectivity index (χ2v) is 7.25. The van der Waals surface area contributed by atoms with E-state index in [-0.39, 0.29) is 11.5 Å². The number of nitrogens with one attached hydrogen (secondary N) is 1. The first-order valence-corrected chi connectivity index (χ1v) is 9.72. The van der Waals surface area contributed by atoms with Gasteiger partial charge in [-0.05, 0) is 44.2 Å². The van der Waals surface area contributed by atoms with Gasteiger partial charge in [-0.2, -0.15) is 0 Å². The fourth-order valence-electron chi connectivity index (χ4n) is 2.71. The second-order valence-electron chi connectivity index (χ2n) is 6.23. The van der Waals surface area contributed by atoms with E-state index in [4.69, 9.17) is 4.52 Å². The van der Waals surface area contributed by atoms with E-state index in [1.165, 1.54) is 31.0 Å². The van der Waals surface area contributed by atoms with Crippen molar-refractivity contribution in [2.45, 2.75) is 24.5 Å². The molecule has 8 heteroatoms. The van der Waals surface area contributed by atoms with E-state index < -0.39 is 11.8 Å². The maximum absolute atomic E-state index is 13.8. The third-order valence-electron chi connectivity index (χ3n) is 4.31. The maximum Gasteiger partial charge on any atom is 0.340 e. The number of carbonyl (C=O) groups is 2. The van der Waals surface area contributed by atoms with Crippen LogP contribution in [0.25, 0.3) is 0 Å². The zero-order valence-electron chi connectivity index (χ0n) is 16.1. The summed E-state index contributed by atoms with van der Waals surface area (Å²) >= 11 is 1.49. The molecular formula is C21H19FN2O4S. The van der Waals surface area contributed by atoms with E-state index in [1.807, 2.05) is 26.0 Å². The Kier molecular flexibility index (Phi) is 6.33. The zero-order chi connectivity index (χ0) is 21.0. The first-order valence-electron chi connectivity index (χ1n) is 8.73. The molecule has 1 heterocycles. The molecule has 3 rings (SSSR count). The van der Waals surface area contributed by atoms with Crippen LogP contribution in [0.1, 0.15) is 37.7 Å². The minimum Gasteiger partial charge on any atom is -0.465 e. The molecule has 29 heavy (non-hydrogen) atoms. The number of carbonyl (C=O) groups excluding carboxylic acids is 2. The Labute approximate surface area is 171 Å². The topological polar surface area (TPSA) is 81.4 Å². The lowest BCUT2D eigenvalue weighted by molar-refractivity contribution is 0.0595. The fraction of sp³-hybridized carbons (Fsp3) is 0.190. The lowest BCUT2D eigenvalue weighted by Crippen LogP contribution is -2.14. The molecule has 6 nitrogen and oxygen atoms in total. The van der Waals surface area contributed by atoms with Crippen LogP contribution in [0, 0.1) is 19.7 Å². The van der Waals surface area contributed by atoms with E-state index in [2.05, 4.69) is 15.2 Å². The Hall–Kier alpha value is -3.13. The van der Waals surface area contributed by atoms with Gasteiger partial charge in [-0.25, -0.2) is 9.18 Å².